The highest BCUT2D eigenvalue weighted by atomic mass is 32.2. The molecular weight excluding hydrogens is 429 g/mol. The maximum atomic E-state index is 13.1. The van der Waals surface area contributed by atoms with Gasteiger partial charge in [-0.15, -0.1) is 11.8 Å². The molecule has 2 aliphatic rings. The lowest BCUT2D eigenvalue weighted by molar-refractivity contribution is -0.137. The Morgan fingerprint density at radius 2 is 1.81 bits per heavy atom. The molecule has 0 aliphatic carbocycles. The van der Waals surface area contributed by atoms with E-state index >= 15 is 0 Å². The van der Waals surface area contributed by atoms with E-state index < -0.39 is 17.1 Å². The van der Waals surface area contributed by atoms with Gasteiger partial charge in [-0.1, -0.05) is 12.1 Å². The molecule has 0 spiro atoms. The van der Waals surface area contributed by atoms with Gasteiger partial charge in [-0.25, -0.2) is 4.79 Å². The molecule has 1 aromatic rings. The van der Waals surface area contributed by atoms with E-state index in [1.165, 1.54) is 17.8 Å². The van der Waals surface area contributed by atoms with Gasteiger partial charge in [0, 0.05) is 44.8 Å². The van der Waals surface area contributed by atoms with Crippen molar-refractivity contribution in [1.82, 2.24) is 20.0 Å². The fourth-order valence-corrected chi connectivity index (χ4v) is 4.87. The standard InChI is InChI=1S/C21H29F3N4O2S/c1-20(2,3)25-19(30)27-10-7-26(8-11-27)9-12-28-17(29)14-31-18(28)15-5-4-6-16(13-15)21(22,23)24/h4-6,13,18H,7-12,14H2,1-3H3,(H,25,30). The molecule has 2 saturated heterocycles. The summed E-state index contributed by atoms with van der Waals surface area (Å²) in [5.41, 5.74) is -0.496. The molecule has 10 heteroatoms. The Bertz CT molecular complexity index is 805. The van der Waals surface area contributed by atoms with Crippen molar-refractivity contribution >= 4 is 23.7 Å². The van der Waals surface area contributed by atoms with Gasteiger partial charge >= 0.3 is 12.2 Å². The topological polar surface area (TPSA) is 55.9 Å². The first-order chi connectivity index (χ1) is 14.4. The molecule has 6 nitrogen and oxygen atoms in total. The number of carbonyl (C=O) groups is 2. The Balaban J connectivity index is 1.55. The summed E-state index contributed by atoms with van der Waals surface area (Å²) in [5.74, 6) is 0.206. The highest BCUT2D eigenvalue weighted by Gasteiger charge is 2.36. The van der Waals surface area contributed by atoms with Gasteiger partial charge in [-0.2, -0.15) is 13.2 Å². The van der Waals surface area contributed by atoms with Gasteiger partial charge in [0.2, 0.25) is 5.91 Å². The zero-order valence-electron chi connectivity index (χ0n) is 18.0. The third kappa shape index (κ3) is 6.29. The first-order valence-electron chi connectivity index (χ1n) is 10.3. The second-order valence-electron chi connectivity index (χ2n) is 8.88. The number of amides is 3. The highest BCUT2D eigenvalue weighted by molar-refractivity contribution is 8.00. The average Bonchev–Trinajstić information content (AvgIpc) is 3.05. The van der Waals surface area contributed by atoms with Crippen LogP contribution in [0.4, 0.5) is 18.0 Å². The highest BCUT2D eigenvalue weighted by Crippen LogP contribution is 2.40. The van der Waals surface area contributed by atoms with Gasteiger partial charge in [-0.05, 0) is 38.5 Å². The van der Waals surface area contributed by atoms with Crippen LogP contribution in [0.2, 0.25) is 0 Å². The fourth-order valence-electron chi connectivity index (χ4n) is 3.66. The van der Waals surface area contributed by atoms with Crippen LogP contribution >= 0.6 is 11.8 Å². The Hall–Kier alpha value is -1.94. The zero-order valence-corrected chi connectivity index (χ0v) is 18.9. The molecule has 1 N–H and O–H groups in total. The zero-order chi connectivity index (χ0) is 22.8. The SMILES string of the molecule is CC(C)(C)NC(=O)N1CCN(CCN2C(=O)CSC2c2cccc(C(F)(F)F)c2)CC1. The first kappa shape index (κ1) is 23.7. The van der Waals surface area contributed by atoms with E-state index in [0.717, 1.165) is 12.1 Å². The summed E-state index contributed by atoms with van der Waals surface area (Å²) < 4.78 is 39.2. The van der Waals surface area contributed by atoms with Crippen molar-refractivity contribution < 1.29 is 22.8 Å². The van der Waals surface area contributed by atoms with Crippen molar-refractivity contribution in [2.75, 3.05) is 45.0 Å². The van der Waals surface area contributed by atoms with E-state index in [1.54, 1.807) is 15.9 Å². The summed E-state index contributed by atoms with van der Waals surface area (Å²) in [6, 6.07) is 5.13. The number of benzene rings is 1. The Morgan fingerprint density at radius 1 is 1.13 bits per heavy atom. The van der Waals surface area contributed by atoms with Crippen LogP contribution in [0, 0.1) is 0 Å². The van der Waals surface area contributed by atoms with Crippen LogP contribution in [-0.2, 0) is 11.0 Å². The molecule has 172 valence electrons. The molecule has 2 aliphatic heterocycles. The van der Waals surface area contributed by atoms with Crippen molar-refractivity contribution in [2.45, 2.75) is 37.9 Å². The third-order valence-electron chi connectivity index (χ3n) is 5.27. The van der Waals surface area contributed by atoms with Crippen molar-refractivity contribution in [2.24, 2.45) is 0 Å². The summed E-state index contributed by atoms with van der Waals surface area (Å²) in [5, 5.41) is 2.55. The van der Waals surface area contributed by atoms with Gasteiger partial charge in [0.25, 0.3) is 0 Å². The minimum Gasteiger partial charge on any atom is -0.333 e. The summed E-state index contributed by atoms with van der Waals surface area (Å²) in [6.45, 7) is 9.47. The van der Waals surface area contributed by atoms with Gasteiger partial charge in [0.1, 0.15) is 5.37 Å². The molecule has 0 bridgehead atoms. The quantitative estimate of drug-likeness (QED) is 0.752. The smallest absolute Gasteiger partial charge is 0.333 e. The normalized spacial score (nSPS) is 21.0. The molecule has 3 rings (SSSR count). The molecule has 2 heterocycles. The molecule has 0 radical (unpaired) electrons. The second kappa shape index (κ2) is 9.28. The predicted molar refractivity (Wildman–Crippen MR) is 115 cm³/mol. The van der Waals surface area contributed by atoms with Crippen LogP contribution in [0.1, 0.15) is 37.3 Å². The summed E-state index contributed by atoms with van der Waals surface area (Å²) >= 11 is 1.36. The van der Waals surface area contributed by atoms with E-state index in [0.29, 0.717) is 44.8 Å². The van der Waals surface area contributed by atoms with Crippen LogP contribution < -0.4 is 5.32 Å². The van der Waals surface area contributed by atoms with Crippen molar-refractivity contribution in [3.8, 4) is 0 Å². The number of rotatable bonds is 4. The van der Waals surface area contributed by atoms with Crippen molar-refractivity contribution in [3.63, 3.8) is 0 Å². The van der Waals surface area contributed by atoms with Gasteiger partial charge < -0.3 is 15.1 Å². The lowest BCUT2D eigenvalue weighted by Gasteiger charge is -2.37. The third-order valence-corrected chi connectivity index (χ3v) is 6.52. The van der Waals surface area contributed by atoms with Crippen LogP contribution in [0.5, 0.6) is 0 Å². The number of halogens is 3. The summed E-state index contributed by atoms with van der Waals surface area (Å²) in [4.78, 5) is 30.3. The van der Waals surface area contributed by atoms with E-state index in [9.17, 15) is 22.8 Å². The number of carbonyl (C=O) groups excluding carboxylic acids is 2. The van der Waals surface area contributed by atoms with Crippen molar-refractivity contribution in [1.29, 1.82) is 0 Å². The number of urea groups is 1. The Labute approximate surface area is 185 Å². The monoisotopic (exact) mass is 458 g/mol. The number of hydrogen-bond donors (Lipinski definition) is 1. The number of hydrogen-bond acceptors (Lipinski definition) is 4. The van der Waals surface area contributed by atoms with E-state index in [1.807, 2.05) is 20.8 Å². The molecular formula is C21H29F3N4O2S. The summed E-state index contributed by atoms with van der Waals surface area (Å²) in [6.07, 6.45) is -4.41. The fraction of sp³-hybridized carbons (Fsp3) is 0.619. The number of nitrogens with one attached hydrogen (secondary N) is 1. The lowest BCUT2D eigenvalue weighted by atomic mass is 10.1. The number of piperazine rings is 1. The van der Waals surface area contributed by atoms with Gasteiger partial charge in [0.05, 0.1) is 11.3 Å². The predicted octanol–water partition coefficient (Wildman–Crippen LogP) is 3.41. The van der Waals surface area contributed by atoms with Crippen LogP contribution in [0.25, 0.3) is 0 Å². The van der Waals surface area contributed by atoms with Crippen molar-refractivity contribution in [3.05, 3.63) is 35.4 Å². The second-order valence-corrected chi connectivity index (χ2v) is 9.95. The molecule has 0 saturated carbocycles. The van der Waals surface area contributed by atoms with Crippen LogP contribution in [0.3, 0.4) is 0 Å². The molecule has 1 atom stereocenters. The first-order valence-corrected chi connectivity index (χ1v) is 11.4. The summed E-state index contributed by atoms with van der Waals surface area (Å²) in [7, 11) is 0. The maximum Gasteiger partial charge on any atom is 0.416 e. The van der Waals surface area contributed by atoms with Crippen LogP contribution in [0.15, 0.2) is 24.3 Å². The Morgan fingerprint density at radius 3 is 2.42 bits per heavy atom. The maximum absolute atomic E-state index is 13.1. The molecule has 3 amide bonds. The molecule has 31 heavy (non-hydrogen) atoms. The molecule has 2 fully saturated rings. The van der Waals surface area contributed by atoms with E-state index in [4.69, 9.17) is 0 Å². The van der Waals surface area contributed by atoms with E-state index in [2.05, 4.69) is 10.2 Å². The number of nitrogens with zero attached hydrogens (tertiary/aromatic N) is 3. The largest absolute Gasteiger partial charge is 0.416 e. The average molecular weight is 459 g/mol. The minimum atomic E-state index is -4.41. The van der Waals surface area contributed by atoms with Gasteiger partial charge in [0.15, 0.2) is 0 Å². The number of alkyl halides is 3. The van der Waals surface area contributed by atoms with Gasteiger partial charge in [-0.3, -0.25) is 9.69 Å². The minimum absolute atomic E-state index is 0.0596. The molecule has 0 aromatic heterocycles. The molecule has 1 aromatic carbocycles. The van der Waals surface area contributed by atoms with Crippen LogP contribution in [-0.4, -0.2) is 77.2 Å². The molecule has 1 unspecified atom stereocenters. The lowest BCUT2D eigenvalue weighted by Crippen LogP contribution is -2.55. The number of thioether (sulfide) groups is 1. The van der Waals surface area contributed by atoms with E-state index in [-0.39, 0.29) is 23.2 Å². The Kier molecular flexibility index (Phi) is 7.10.